The van der Waals surface area contributed by atoms with Crippen molar-refractivity contribution in [3.63, 3.8) is 0 Å². The van der Waals surface area contributed by atoms with Gasteiger partial charge in [0.2, 0.25) is 5.91 Å². The molecule has 0 aliphatic carbocycles. The normalized spacial score (nSPS) is 11.5. The first kappa shape index (κ1) is 25.2. The maximum Gasteiger partial charge on any atom is 0.347 e. The molecule has 7 heteroatoms. The maximum absolute atomic E-state index is 12.8. The van der Waals surface area contributed by atoms with Gasteiger partial charge in [-0.2, -0.15) is 0 Å². The van der Waals surface area contributed by atoms with Crippen LogP contribution in [0.25, 0.3) is 0 Å². The lowest BCUT2D eigenvalue weighted by Crippen LogP contribution is -2.38. The molecule has 1 aromatic heterocycles. The maximum atomic E-state index is 12.8. The molecule has 7 nitrogen and oxygen atoms in total. The third-order valence-corrected chi connectivity index (χ3v) is 4.73. The van der Waals surface area contributed by atoms with E-state index in [2.05, 4.69) is 42.9 Å². The van der Waals surface area contributed by atoms with E-state index >= 15 is 0 Å². The van der Waals surface area contributed by atoms with Crippen LogP contribution in [0.4, 0.5) is 11.4 Å². The van der Waals surface area contributed by atoms with Crippen LogP contribution in [0.3, 0.4) is 0 Å². The van der Waals surface area contributed by atoms with Crippen LogP contribution >= 0.6 is 0 Å². The third-order valence-electron chi connectivity index (χ3n) is 4.73. The molecule has 0 radical (unpaired) electrons. The largest absolute Gasteiger partial charge is 0.478 e. The van der Waals surface area contributed by atoms with Gasteiger partial charge in [-0.25, -0.2) is 4.79 Å². The average Bonchev–Trinajstić information content (AvgIpc) is 2.67. The molecule has 2 rings (SSSR count). The van der Waals surface area contributed by atoms with E-state index in [1.165, 1.54) is 13.8 Å². The molecule has 0 fully saturated rings. The van der Waals surface area contributed by atoms with Gasteiger partial charge in [0, 0.05) is 31.5 Å². The average molecular weight is 442 g/mol. The van der Waals surface area contributed by atoms with Crippen LogP contribution < -0.4 is 15.0 Å². The summed E-state index contributed by atoms with van der Waals surface area (Å²) >= 11 is 0. The number of hydrogen-bond donors (Lipinski definition) is 2. The highest BCUT2D eigenvalue weighted by molar-refractivity contribution is 5.96. The molecule has 2 N–H and O–H groups in total. The van der Waals surface area contributed by atoms with Gasteiger partial charge in [0.1, 0.15) is 5.75 Å². The predicted octanol–water partition coefficient (Wildman–Crippen LogP) is 4.62. The van der Waals surface area contributed by atoms with Gasteiger partial charge in [0.15, 0.2) is 5.60 Å². The van der Waals surface area contributed by atoms with E-state index in [4.69, 9.17) is 4.74 Å². The topological polar surface area (TPSA) is 91.8 Å². The van der Waals surface area contributed by atoms with Crippen molar-refractivity contribution in [1.82, 2.24) is 4.98 Å². The van der Waals surface area contributed by atoms with Gasteiger partial charge in [0.25, 0.3) is 0 Å². The molecule has 0 saturated carbocycles. The summed E-state index contributed by atoms with van der Waals surface area (Å²) in [4.78, 5) is 30.6. The summed E-state index contributed by atoms with van der Waals surface area (Å²) in [5, 5.41) is 12.4. The molecule has 1 amide bonds. The highest BCUT2D eigenvalue weighted by Crippen LogP contribution is 2.33. The minimum absolute atomic E-state index is 0.178. The van der Waals surface area contributed by atoms with Crippen LogP contribution in [0.2, 0.25) is 0 Å². The second-order valence-corrected chi connectivity index (χ2v) is 9.38. The number of benzene rings is 1. The summed E-state index contributed by atoms with van der Waals surface area (Å²) in [6.07, 6.45) is 3.52. The highest BCUT2D eigenvalue weighted by atomic mass is 16.5. The quantitative estimate of drug-likeness (QED) is 0.529. The number of nitrogens with one attached hydrogen (secondary N) is 1. The van der Waals surface area contributed by atoms with E-state index in [0.29, 0.717) is 23.3 Å². The molecule has 0 atom stereocenters. The van der Waals surface area contributed by atoms with Crippen molar-refractivity contribution in [2.24, 2.45) is 11.8 Å². The van der Waals surface area contributed by atoms with Crippen molar-refractivity contribution in [3.8, 4) is 5.75 Å². The Hall–Kier alpha value is -3.09. The highest BCUT2D eigenvalue weighted by Gasteiger charge is 2.30. The summed E-state index contributed by atoms with van der Waals surface area (Å²) in [5.74, 6) is -0.0103. The Labute approximate surface area is 190 Å². The number of nitrogens with zero attached hydrogens (tertiary/aromatic N) is 2. The van der Waals surface area contributed by atoms with Crippen molar-refractivity contribution in [2.45, 2.75) is 53.6 Å². The van der Waals surface area contributed by atoms with E-state index in [1.54, 1.807) is 30.6 Å². The molecule has 1 heterocycles. The summed E-state index contributed by atoms with van der Waals surface area (Å²) in [6, 6.07) is 8.99. The van der Waals surface area contributed by atoms with Gasteiger partial charge in [-0.1, -0.05) is 33.8 Å². The zero-order valence-corrected chi connectivity index (χ0v) is 19.9. The van der Waals surface area contributed by atoms with E-state index in [0.717, 1.165) is 24.3 Å². The minimum atomic E-state index is -1.39. The van der Waals surface area contributed by atoms with Crippen LogP contribution in [-0.4, -0.2) is 40.7 Å². The molecule has 0 aliphatic heterocycles. The lowest BCUT2D eigenvalue weighted by atomic mass is 10.1. The summed E-state index contributed by atoms with van der Waals surface area (Å²) in [5.41, 5.74) is 0.895. The smallest absolute Gasteiger partial charge is 0.347 e. The van der Waals surface area contributed by atoms with Crippen molar-refractivity contribution >= 4 is 23.3 Å². The predicted molar refractivity (Wildman–Crippen MR) is 127 cm³/mol. The number of amides is 1. The number of rotatable bonds is 11. The number of aromatic nitrogens is 1. The van der Waals surface area contributed by atoms with Crippen molar-refractivity contribution in [1.29, 1.82) is 0 Å². The Morgan fingerprint density at radius 1 is 1.12 bits per heavy atom. The molecule has 0 saturated heterocycles. The third kappa shape index (κ3) is 7.55. The molecular weight excluding hydrogens is 406 g/mol. The molecule has 0 aliphatic rings. The Kier molecular flexibility index (Phi) is 8.63. The summed E-state index contributed by atoms with van der Waals surface area (Å²) < 4.78 is 5.72. The fraction of sp³-hybridized carbons (Fsp3) is 0.480. The second-order valence-electron chi connectivity index (χ2n) is 9.38. The first-order valence-electron chi connectivity index (χ1n) is 11.0. The summed E-state index contributed by atoms with van der Waals surface area (Å²) in [7, 11) is 0. The molecule has 32 heavy (non-hydrogen) atoms. The van der Waals surface area contributed by atoms with Crippen LogP contribution in [0.5, 0.6) is 5.75 Å². The van der Waals surface area contributed by atoms with Gasteiger partial charge in [-0.3, -0.25) is 9.78 Å². The second kappa shape index (κ2) is 11.0. The number of carboxylic acid groups (broad SMARTS) is 1. The number of anilines is 2. The minimum Gasteiger partial charge on any atom is -0.478 e. The molecule has 0 spiro atoms. The Balaban J connectivity index is 2.39. The van der Waals surface area contributed by atoms with Crippen LogP contribution in [0, 0.1) is 11.8 Å². The van der Waals surface area contributed by atoms with Gasteiger partial charge in [-0.05, 0) is 49.4 Å². The number of carbonyl (C=O) groups excluding carboxylic acids is 1. The van der Waals surface area contributed by atoms with Crippen LogP contribution in [0.15, 0.2) is 42.7 Å². The van der Waals surface area contributed by atoms with Crippen molar-refractivity contribution < 1.29 is 19.4 Å². The zero-order valence-electron chi connectivity index (χ0n) is 19.9. The van der Waals surface area contributed by atoms with E-state index < -0.39 is 11.6 Å². The van der Waals surface area contributed by atoms with E-state index in [-0.39, 0.29) is 12.3 Å². The van der Waals surface area contributed by atoms with E-state index in [9.17, 15) is 14.7 Å². The van der Waals surface area contributed by atoms with Crippen LogP contribution in [0.1, 0.15) is 47.1 Å². The number of ether oxygens (including phenoxy) is 1. The molecule has 0 bridgehead atoms. The Morgan fingerprint density at radius 3 is 2.31 bits per heavy atom. The standard InChI is InChI=1S/C25H35N3O4/c1-17(2)15-28(16-18(3)4)22-10-9-20(32-25(5,6)24(30)31)13-21(22)27-23(29)12-19-8-7-11-26-14-19/h7-11,13-14,17-18H,12,15-16H2,1-6H3,(H,27,29)(H,30,31). The number of aliphatic carboxylic acids is 1. The molecular formula is C25H35N3O4. The number of carbonyl (C=O) groups is 2. The number of carboxylic acids is 1. The Bertz CT molecular complexity index is 901. The first-order valence-corrected chi connectivity index (χ1v) is 11.0. The van der Waals surface area contributed by atoms with Gasteiger partial charge in [0.05, 0.1) is 17.8 Å². The van der Waals surface area contributed by atoms with Gasteiger partial charge in [-0.15, -0.1) is 0 Å². The van der Waals surface area contributed by atoms with Crippen LogP contribution in [-0.2, 0) is 16.0 Å². The molecule has 0 unspecified atom stereocenters. The lowest BCUT2D eigenvalue weighted by Gasteiger charge is -2.31. The SMILES string of the molecule is CC(C)CN(CC(C)C)c1ccc(OC(C)(C)C(=O)O)cc1NC(=O)Cc1cccnc1. The molecule has 174 valence electrons. The number of hydrogen-bond acceptors (Lipinski definition) is 5. The van der Waals surface area contributed by atoms with Crippen molar-refractivity contribution in [2.75, 3.05) is 23.3 Å². The molecule has 2 aromatic rings. The number of pyridine rings is 1. The first-order chi connectivity index (χ1) is 15.0. The van der Waals surface area contributed by atoms with Gasteiger partial charge < -0.3 is 20.1 Å². The van der Waals surface area contributed by atoms with Gasteiger partial charge >= 0.3 is 5.97 Å². The van der Waals surface area contributed by atoms with Crippen molar-refractivity contribution in [3.05, 3.63) is 48.3 Å². The zero-order chi connectivity index (χ0) is 23.9. The Morgan fingerprint density at radius 2 is 1.78 bits per heavy atom. The van der Waals surface area contributed by atoms with E-state index in [1.807, 2.05) is 12.1 Å². The monoisotopic (exact) mass is 441 g/mol. The fourth-order valence-electron chi connectivity index (χ4n) is 3.33. The lowest BCUT2D eigenvalue weighted by molar-refractivity contribution is -0.152. The molecule has 1 aromatic carbocycles. The summed E-state index contributed by atoms with van der Waals surface area (Å²) in [6.45, 7) is 13.2. The fourth-order valence-corrected chi connectivity index (χ4v) is 3.33.